The van der Waals surface area contributed by atoms with Crippen LogP contribution in [-0.2, 0) is 19.6 Å². The minimum Gasteiger partial charge on any atom is -0.481 e. The SMILES string of the molecule is CC1(CC(=O)O)CC(c2cccc(Cl)c2)C(c2ccc(Cl)cc2)N(C(CN(C(F)F)S(=O)(=O)C2CC2)C2CC2)C1=O. The van der Waals surface area contributed by atoms with Crippen LogP contribution in [0.5, 0.6) is 0 Å². The molecule has 2 aromatic rings. The first-order chi connectivity index (χ1) is 19.3. The van der Waals surface area contributed by atoms with Crippen molar-refractivity contribution in [3.63, 3.8) is 0 Å². The molecule has 3 fully saturated rings. The van der Waals surface area contributed by atoms with Crippen LogP contribution in [0.15, 0.2) is 48.5 Å². The van der Waals surface area contributed by atoms with E-state index >= 15 is 0 Å². The van der Waals surface area contributed by atoms with Gasteiger partial charge in [-0.1, -0.05) is 54.4 Å². The number of alkyl halides is 2. The molecule has 2 aliphatic carbocycles. The van der Waals surface area contributed by atoms with Gasteiger partial charge in [0, 0.05) is 28.5 Å². The van der Waals surface area contributed by atoms with Gasteiger partial charge in [0.05, 0.1) is 23.1 Å². The van der Waals surface area contributed by atoms with Crippen molar-refractivity contribution in [2.45, 2.75) is 75.2 Å². The number of hydrogen-bond acceptors (Lipinski definition) is 4. The lowest BCUT2D eigenvalue weighted by Crippen LogP contribution is -2.59. The van der Waals surface area contributed by atoms with Gasteiger partial charge in [0.25, 0.3) is 0 Å². The first kappa shape index (κ1) is 30.2. The third-order valence-corrected chi connectivity index (χ3v) is 11.3. The van der Waals surface area contributed by atoms with Gasteiger partial charge in [0.2, 0.25) is 15.9 Å². The van der Waals surface area contributed by atoms with E-state index in [9.17, 15) is 31.9 Å². The highest BCUT2D eigenvalue weighted by molar-refractivity contribution is 7.90. The molecule has 1 N–H and O–H groups in total. The van der Waals surface area contributed by atoms with Crippen LogP contribution in [0.3, 0.4) is 0 Å². The lowest BCUT2D eigenvalue weighted by molar-refractivity contribution is -0.162. The van der Waals surface area contributed by atoms with E-state index in [-0.39, 0.29) is 16.6 Å². The fraction of sp³-hybridized carbons (Fsp3) is 0.517. The molecule has 5 rings (SSSR count). The van der Waals surface area contributed by atoms with Crippen LogP contribution >= 0.6 is 23.2 Å². The molecule has 2 saturated carbocycles. The van der Waals surface area contributed by atoms with Crippen molar-refractivity contribution < 1.29 is 31.9 Å². The highest BCUT2D eigenvalue weighted by Crippen LogP contribution is 2.54. The first-order valence-electron chi connectivity index (χ1n) is 13.7. The molecule has 41 heavy (non-hydrogen) atoms. The zero-order chi connectivity index (χ0) is 29.7. The smallest absolute Gasteiger partial charge is 0.307 e. The number of amides is 1. The van der Waals surface area contributed by atoms with Crippen LogP contribution < -0.4 is 0 Å². The molecule has 1 amide bonds. The number of nitrogens with zero attached hydrogens (tertiary/aromatic N) is 2. The largest absolute Gasteiger partial charge is 0.481 e. The molecule has 0 spiro atoms. The highest BCUT2D eigenvalue weighted by Gasteiger charge is 2.56. The summed E-state index contributed by atoms with van der Waals surface area (Å²) in [7, 11) is -4.27. The number of aliphatic carboxylic acids is 1. The number of carboxylic acid groups (broad SMARTS) is 1. The molecular formula is C29H32Cl2F2N2O5S. The number of rotatable bonds is 11. The van der Waals surface area contributed by atoms with Crippen molar-refractivity contribution in [3.05, 3.63) is 69.7 Å². The van der Waals surface area contributed by atoms with Crippen LogP contribution in [0.4, 0.5) is 8.78 Å². The second kappa shape index (κ2) is 11.4. The number of hydrogen-bond donors (Lipinski definition) is 1. The van der Waals surface area contributed by atoms with E-state index in [1.165, 1.54) is 4.90 Å². The van der Waals surface area contributed by atoms with Crippen LogP contribution in [0.25, 0.3) is 0 Å². The van der Waals surface area contributed by atoms with Gasteiger partial charge in [-0.25, -0.2) is 8.42 Å². The van der Waals surface area contributed by atoms with Crippen molar-refractivity contribution in [1.29, 1.82) is 0 Å². The third kappa shape index (κ3) is 6.26. The van der Waals surface area contributed by atoms with E-state index in [2.05, 4.69) is 0 Å². The molecule has 222 valence electrons. The van der Waals surface area contributed by atoms with Crippen molar-refractivity contribution >= 4 is 45.1 Å². The number of carbonyl (C=O) groups is 2. The summed E-state index contributed by atoms with van der Waals surface area (Å²) in [6, 6.07) is 12.4. The van der Waals surface area contributed by atoms with E-state index in [1.54, 1.807) is 49.4 Å². The monoisotopic (exact) mass is 628 g/mol. The lowest BCUT2D eigenvalue weighted by Gasteiger charge is -2.52. The Bertz CT molecular complexity index is 1420. The molecule has 1 heterocycles. The number of carbonyl (C=O) groups excluding carboxylic acids is 1. The minimum absolute atomic E-state index is 0.165. The first-order valence-corrected chi connectivity index (χ1v) is 15.9. The second-order valence-corrected chi connectivity index (χ2v) is 14.7. The van der Waals surface area contributed by atoms with Gasteiger partial charge >= 0.3 is 12.5 Å². The lowest BCUT2D eigenvalue weighted by atomic mass is 9.67. The van der Waals surface area contributed by atoms with E-state index in [4.69, 9.17) is 23.2 Å². The number of halogens is 4. The predicted molar refractivity (Wildman–Crippen MR) is 151 cm³/mol. The van der Waals surface area contributed by atoms with Gasteiger partial charge in [-0.15, -0.1) is 4.31 Å². The molecule has 2 aromatic carbocycles. The molecular weight excluding hydrogens is 597 g/mol. The number of piperidine rings is 1. The molecule has 12 heteroatoms. The van der Waals surface area contributed by atoms with Gasteiger partial charge in [-0.2, -0.15) is 8.78 Å². The Balaban J connectivity index is 1.67. The van der Waals surface area contributed by atoms with E-state index in [1.807, 2.05) is 6.07 Å². The minimum atomic E-state index is -4.27. The Hall–Kier alpha value is -2.27. The van der Waals surface area contributed by atoms with Crippen molar-refractivity contribution in [1.82, 2.24) is 9.21 Å². The van der Waals surface area contributed by atoms with Gasteiger partial charge in [-0.05, 0) is 73.4 Å². The van der Waals surface area contributed by atoms with Gasteiger partial charge in [0.15, 0.2) is 0 Å². The maximum absolute atomic E-state index is 14.5. The summed E-state index contributed by atoms with van der Waals surface area (Å²) in [5.74, 6) is -2.33. The molecule has 1 aliphatic heterocycles. The molecule has 7 nitrogen and oxygen atoms in total. The summed E-state index contributed by atoms with van der Waals surface area (Å²) in [4.78, 5) is 28.0. The van der Waals surface area contributed by atoms with Gasteiger partial charge in [0.1, 0.15) is 0 Å². The molecule has 0 radical (unpaired) electrons. The zero-order valence-corrected chi connectivity index (χ0v) is 24.8. The molecule has 3 aliphatic rings. The average molecular weight is 630 g/mol. The fourth-order valence-corrected chi connectivity index (χ4v) is 8.25. The zero-order valence-electron chi connectivity index (χ0n) is 22.4. The Morgan fingerprint density at radius 1 is 1.07 bits per heavy atom. The number of benzene rings is 2. The van der Waals surface area contributed by atoms with Crippen LogP contribution in [0.2, 0.25) is 10.0 Å². The summed E-state index contributed by atoms with van der Waals surface area (Å²) in [6.07, 6.45) is 1.62. The summed E-state index contributed by atoms with van der Waals surface area (Å²) in [5, 5.41) is 9.88. The highest BCUT2D eigenvalue weighted by atomic mass is 35.5. The number of sulfonamides is 1. The second-order valence-electron chi connectivity index (χ2n) is 11.7. The standard InChI is InChI=1S/C29H32Cl2F2N2O5S/c1-29(15-25(36)37)14-23(19-3-2-4-21(31)13-19)26(18-7-9-20(30)10-8-18)35(27(29)38)24(17-5-6-17)16-34(28(32)33)41(39,40)22-11-12-22/h2-4,7-10,13,17,22-24,26,28H,5-6,11-12,14-16H2,1H3,(H,36,37). The maximum atomic E-state index is 14.5. The van der Waals surface area contributed by atoms with Crippen molar-refractivity contribution in [3.8, 4) is 0 Å². The summed E-state index contributed by atoms with van der Waals surface area (Å²) >= 11 is 12.5. The number of likely N-dealkylation sites (tertiary alicyclic amines) is 1. The maximum Gasteiger partial charge on any atom is 0.307 e. The van der Waals surface area contributed by atoms with Crippen molar-refractivity contribution in [2.24, 2.45) is 11.3 Å². The van der Waals surface area contributed by atoms with Crippen LogP contribution in [0.1, 0.15) is 68.5 Å². The third-order valence-electron chi connectivity index (χ3n) is 8.51. The summed E-state index contributed by atoms with van der Waals surface area (Å²) < 4.78 is 55.2. The van der Waals surface area contributed by atoms with Crippen LogP contribution in [-0.4, -0.2) is 59.0 Å². The van der Waals surface area contributed by atoms with Crippen molar-refractivity contribution in [2.75, 3.05) is 6.54 Å². The fourth-order valence-electron chi connectivity index (χ4n) is 6.23. The number of carboxylic acids is 1. The Kier molecular flexibility index (Phi) is 8.42. The predicted octanol–water partition coefficient (Wildman–Crippen LogP) is 6.33. The average Bonchev–Trinajstić information content (AvgIpc) is 3.80. The van der Waals surface area contributed by atoms with Crippen LogP contribution in [0, 0.1) is 11.3 Å². The summed E-state index contributed by atoms with van der Waals surface area (Å²) in [6.45, 7) is -2.26. The van der Waals surface area contributed by atoms with Gasteiger partial charge in [-0.3, -0.25) is 9.59 Å². The van der Waals surface area contributed by atoms with E-state index in [0.29, 0.717) is 41.3 Å². The molecule has 1 saturated heterocycles. The normalized spacial score (nSPS) is 26.0. The van der Waals surface area contributed by atoms with E-state index in [0.717, 1.165) is 5.56 Å². The van der Waals surface area contributed by atoms with Gasteiger partial charge < -0.3 is 10.0 Å². The molecule has 0 aromatic heterocycles. The Labute approximate surface area is 248 Å². The molecule has 4 unspecified atom stereocenters. The molecule has 4 atom stereocenters. The summed E-state index contributed by atoms with van der Waals surface area (Å²) in [5.41, 5.74) is 0.0710. The Morgan fingerprint density at radius 2 is 1.73 bits per heavy atom. The van der Waals surface area contributed by atoms with E-state index < -0.39 is 70.1 Å². The Morgan fingerprint density at radius 3 is 2.27 bits per heavy atom. The molecule has 0 bridgehead atoms. The quantitative estimate of drug-likeness (QED) is 0.294. The topological polar surface area (TPSA) is 95.0 Å².